The first-order chi connectivity index (χ1) is 6.79. The summed E-state index contributed by atoms with van der Waals surface area (Å²) in [6, 6.07) is 0.137. The summed E-state index contributed by atoms with van der Waals surface area (Å²) in [6.07, 6.45) is 0.400. The minimum atomic E-state index is -0.244. The molecule has 0 spiro atoms. The highest BCUT2D eigenvalue weighted by Crippen LogP contribution is 2.19. The zero-order chi connectivity index (χ0) is 10.4. The molecule has 4 nitrogen and oxygen atoms in total. The third-order valence-electron chi connectivity index (χ3n) is 2.19. The summed E-state index contributed by atoms with van der Waals surface area (Å²) >= 11 is 1.82. The molecule has 1 heterocycles. The van der Waals surface area contributed by atoms with E-state index in [9.17, 15) is 4.79 Å². The van der Waals surface area contributed by atoms with Crippen molar-refractivity contribution in [3.63, 3.8) is 0 Å². The normalized spacial score (nSPS) is 22.1. The van der Waals surface area contributed by atoms with Gasteiger partial charge in [0.1, 0.15) is 0 Å². The van der Waals surface area contributed by atoms with Gasteiger partial charge in [-0.25, -0.2) is 4.79 Å². The van der Waals surface area contributed by atoms with E-state index in [4.69, 9.17) is 9.84 Å². The van der Waals surface area contributed by atoms with Crippen molar-refractivity contribution in [3.8, 4) is 0 Å². The van der Waals surface area contributed by atoms with Gasteiger partial charge in [-0.2, -0.15) is 11.8 Å². The average molecular weight is 219 g/mol. The molecule has 1 aliphatic rings. The second kappa shape index (κ2) is 6.14. The maximum absolute atomic E-state index is 11.5. The van der Waals surface area contributed by atoms with Gasteiger partial charge in [-0.1, -0.05) is 0 Å². The molecule has 1 aliphatic heterocycles. The molecule has 1 N–H and O–H groups in total. The van der Waals surface area contributed by atoms with Gasteiger partial charge in [-0.3, -0.25) is 0 Å². The van der Waals surface area contributed by atoms with E-state index in [1.54, 1.807) is 11.8 Å². The van der Waals surface area contributed by atoms with Gasteiger partial charge in [0.15, 0.2) is 0 Å². The van der Waals surface area contributed by atoms with Crippen molar-refractivity contribution < 1.29 is 14.6 Å². The molecule has 1 atom stereocenters. The fourth-order valence-corrected chi connectivity index (χ4v) is 2.60. The maximum atomic E-state index is 11.5. The number of carbonyl (C=O) groups excluding carboxylic acids is 1. The highest BCUT2D eigenvalue weighted by atomic mass is 32.2. The van der Waals surface area contributed by atoms with Crippen LogP contribution in [0.15, 0.2) is 0 Å². The van der Waals surface area contributed by atoms with Gasteiger partial charge < -0.3 is 14.7 Å². The molecule has 14 heavy (non-hydrogen) atoms. The molecule has 0 radical (unpaired) electrons. The number of rotatable bonds is 3. The molecule has 0 bridgehead atoms. The Morgan fingerprint density at radius 3 is 3.14 bits per heavy atom. The molecule has 1 rings (SSSR count). The van der Waals surface area contributed by atoms with E-state index in [1.807, 2.05) is 11.8 Å². The third-order valence-corrected chi connectivity index (χ3v) is 3.28. The first-order valence-corrected chi connectivity index (χ1v) is 6.07. The van der Waals surface area contributed by atoms with Crippen molar-refractivity contribution in [3.05, 3.63) is 0 Å². The Bertz CT molecular complexity index is 187. The van der Waals surface area contributed by atoms with Crippen molar-refractivity contribution in [1.82, 2.24) is 4.90 Å². The van der Waals surface area contributed by atoms with Gasteiger partial charge in [0.2, 0.25) is 0 Å². The highest BCUT2D eigenvalue weighted by molar-refractivity contribution is 7.99. The Morgan fingerprint density at radius 2 is 2.50 bits per heavy atom. The van der Waals surface area contributed by atoms with E-state index in [1.165, 1.54) is 0 Å². The van der Waals surface area contributed by atoms with E-state index in [2.05, 4.69) is 0 Å². The zero-order valence-corrected chi connectivity index (χ0v) is 9.26. The van der Waals surface area contributed by atoms with Crippen LogP contribution in [-0.2, 0) is 4.74 Å². The predicted molar refractivity (Wildman–Crippen MR) is 56.5 cm³/mol. The first kappa shape index (κ1) is 11.7. The van der Waals surface area contributed by atoms with Crippen LogP contribution in [0.5, 0.6) is 0 Å². The molecule has 1 saturated heterocycles. The first-order valence-electron chi connectivity index (χ1n) is 4.91. The highest BCUT2D eigenvalue weighted by Gasteiger charge is 2.27. The number of nitrogens with zero attached hydrogens (tertiary/aromatic N) is 1. The number of amides is 1. The van der Waals surface area contributed by atoms with Crippen LogP contribution in [-0.4, -0.2) is 53.4 Å². The van der Waals surface area contributed by atoms with Crippen LogP contribution in [0.2, 0.25) is 0 Å². The maximum Gasteiger partial charge on any atom is 0.410 e. The van der Waals surface area contributed by atoms with Gasteiger partial charge in [0.25, 0.3) is 0 Å². The summed E-state index contributed by atoms with van der Waals surface area (Å²) in [7, 11) is 0. The minimum Gasteiger partial charge on any atom is -0.450 e. The van der Waals surface area contributed by atoms with Crippen LogP contribution in [0.1, 0.15) is 13.3 Å². The molecular weight excluding hydrogens is 202 g/mol. The number of carbonyl (C=O) groups is 1. The zero-order valence-electron chi connectivity index (χ0n) is 8.44. The molecule has 1 amide bonds. The Balaban J connectivity index is 2.48. The van der Waals surface area contributed by atoms with Crippen LogP contribution in [0.25, 0.3) is 0 Å². The fourth-order valence-electron chi connectivity index (χ4n) is 1.49. The molecule has 0 aliphatic carbocycles. The topological polar surface area (TPSA) is 49.8 Å². The van der Waals surface area contributed by atoms with Crippen LogP contribution < -0.4 is 0 Å². The standard InChI is InChI=1S/C9H17NO3S/c1-2-13-9(12)10-4-6-14-7-8(10)3-5-11/h8,11H,2-7H2,1H3. The second-order valence-corrected chi connectivity index (χ2v) is 4.28. The third kappa shape index (κ3) is 3.06. The number of hydrogen-bond donors (Lipinski definition) is 1. The van der Waals surface area contributed by atoms with Crippen LogP contribution in [0.4, 0.5) is 4.79 Å². The van der Waals surface area contributed by atoms with Gasteiger partial charge in [-0.15, -0.1) is 0 Å². The lowest BCUT2D eigenvalue weighted by atomic mass is 10.2. The Morgan fingerprint density at radius 1 is 1.71 bits per heavy atom. The Labute approximate surface area is 88.6 Å². The quantitative estimate of drug-likeness (QED) is 0.767. The summed E-state index contributed by atoms with van der Waals surface area (Å²) in [5.41, 5.74) is 0. The fraction of sp³-hybridized carbons (Fsp3) is 0.889. The van der Waals surface area contributed by atoms with E-state index in [0.29, 0.717) is 13.0 Å². The van der Waals surface area contributed by atoms with Gasteiger partial charge >= 0.3 is 6.09 Å². The van der Waals surface area contributed by atoms with Crippen LogP contribution in [0, 0.1) is 0 Å². The Kier molecular flexibility index (Phi) is 5.11. The smallest absolute Gasteiger partial charge is 0.410 e. The van der Waals surface area contributed by atoms with E-state index >= 15 is 0 Å². The van der Waals surface area contributed by atoms with Gasteiger partial charge in [-0.05, 0) is 13.3 Å². The number of ether oxygens (including phenoxy) is 1. The predicted octanol–water partition coefficient (Wildman–Crippen LogP) is 0.943. The van der Waals surface area contributed by atoms with Crippen molar-refractivity contribution in [2.75, 3.05) is 31.3 Å². The average Bonchev–Trinajstić information content (AvgIpc) is 2.19. The monoisotopic (exact) mass is 219 g/mol. The van der Waals surface area contributed by atoms with E-state index < -0.39 is 0 Å². The summed E-state index contributed by atoms with van der Waals surface area (Å²) in [4.78, 5) is 13.2. The molecule has 82 valence electrons. The van der Waals surface area contributed by atoms with Crippen molar-refractivity contribution in [1.29, 1.82) is 0 Å². The van der Waals surface area contributed by atoms with Crippen molar-refractivity contribution >= 4 is 17.9 Å². The van der Waals surface area contributed by atoms with Gasteiger partial charge in [0, 0.05) is 30.7 Å². The number of aliphatic hydroxyl groups is 1. The molecule has 1 fully saturated rings. The van der Waals surface area contributed by atoms with Crippen molar-refractivity contribution in [2.24, 2.45) is 0 Å². The number of hydrogen-bond acceptors (Lipinski definition) is 4. The molecular formula is C9H17NO3S. The van der Waals surface area contributed by atoms with E-state index in [-0.39, 0.29) is 18.7 Å². The number of thioether (sulfide) groups is 1. The molecule has 5 heteroatoms. The summed E-state index contributed by atoms with van der Waals surface area (Å²) in [6.45, 7) is 3.07. The largest absolute Gasteiger partial charge is 0.450 e. The molecule has 0 aromatic rings. The summed E-state index contributed by atoms with van der Waals surface area (Å²) in [5.74, 6) is 1.86. The number of aliphatic hydroxyl groups excluding tert-OH is 1. The lowest BCUT2D eigenvalue weighted by Crippen LogP contribution is -2.46. The molecule has 1 unspecified atom stereocenters. The molecule has 0 aromatic carbocycles. The lowest BCUT2D eigenvalue weighted by molar-refractivity contribution is 0.0894. The van der Waals surface area contributed by atoms with Crippen LogP contribution >= 0.6 is 11.8 Å². The summed E-state index contributed by atoms with van der Waals surface area (Å²) in [5, 5.41) is 8.86. The van der Waals surface area contributed by atoms with Gasteiger partial charge in [0.05, 0.1) is 6.61 Å². The second-order valence-electron chi connectivity index (χ2n) is 3.13. The van der Waals surface area contributed by atoms with Crippen LogP contribution in [0.3, 0.4) is 0 Å². The van der Waals surface area contributed by atoms with E-state index in [0.717, 1.165) is 18.1 Å². The molecule has 0 saturated carbocycles. The SMILES string of the molecule is CCOC(=O)N1CCSCC1CCO. The lowest BCUT2D eigenvalue weighted by Gasteiger charge is -2.34. The minimum absolute atomic E-state index is 0.126. The summed E-state index contributed by atoms with van der Waals surface area (Å²) < 4.78 is 4.95. The van der Waals surface area contributed by atoms with Crippen molar-refractivity contribution in [2.45, 2.75) is 19.4 Å². The molecule has 0 aromatic heterocycles. The Hall–Kier alpha value is -0.420.